The Morgan fingerprint density at radius 1 is 0.943 bits per heavy atom. The lowest BCUT2D eigenvalue weighted by Crippen LogP contribution is -2.31. The highest BCUT2D eigenvalue weighted by molar-refractivity contribution is 6.05. The van der Waals surface area contributed by atoms with Gasteiger partial charge in [0.2, 0.25) is 0 Å². The molecular weight excluding hydrogens is 440 g/mol. The van der Waals surface area contributed by atoms with Gasteiger partial charge in [0.15, 0.2) is 6.61 Å². The Kier molecular flexibility index (Phi) is 6.26. The molecule has 0 bridgehead atoms. The van der Waals surface area contributed by atoms with Crippen molar-refractivity contribution >= 4 is 28.7 Å². The molecule has 174 valence electrons. The van der Waals surface area contributed by atoms with E-state index in [0.29, 0.717) is 17.7 Å². The molecule has 1 unspecified atom stereocenters. The molecule has 4 aromatic carbocycles. The van der Waals surface area contributed by atoms with Crippen LogP contribution in [0, 0.1) is 0 Å². The monoisotopic (exact) mass is 464 g/mol. The minimum Gasteiger partial charge on any atom is -0.497 e. The average Bonchev–Trinajstić information content (AvgIpc) is 3.37. The van der Waals surface area contributed by atoms with Gasteiger partial charge in [-0.1, -0.05) is 60.7 Å². The summed E-state index contributed by atoms with van der Waals surface area (Å²) in [5.74, 6) is 0.943. The highest BCUT2D eigenvalue weighted by Crippen LogP contribution is 2.34. The van der Waals surface area contributed by atoms with E-state index in [2.05, 4.69) is 24.3 Å². The third-order valence-corrected chi connectivity index (χ3v) is 6.11. The van der Waals surface area contributed by atoms with Gasteiger partial charge in [-0.25, -0.2) is 5.01 Å². The Morgan fingerprint density at radius 2 is 1.74 bits per heavy atom. The molecule has 1 amide bonds. The fraction of sp³-hybridized carbons (Fsp3) is 0.138. The van der Waals surface area contributed by atoms with Crippen LogP contribution in [0.3, 0.4) is 0 Å². The third kappa shape index (κ3) is 4.77. The lowest BCUT2D eigenvalue weighted by Gasteiger charge is -2.22. The summed E-state index contributed by atoms with van der Waals surface area (Å²) < 4.78 is 11.0. The molecule has 0 spiro atoms. The molecule has 1 atom stereocenters. The van der Waals surface area contributed by atoms with Crippen LogP contribution < -0.4 is 9.47 Å². The summed E-state index contributed by atoms with van der Waals surface area (Å²) in [5.41, 5.74) is 3.27. The van der Waals surface area contributed by atoms with Crippen LogP contribution in [0.5, 0.6) is 11.5 Å². The molecule has 1 aliphatic rings. The largest absolute Gasteiger partial charge is 0.497 e. The Labute approximate surface area is 203 Å². The normalized spacial score (nSPS) is 15.1. The number of benzene rings is 4. The van der Waals surface area contributed by atoms with Gasteiger partial charge in [0.1, 0.15) is 17.8 Å². The number of rotatable bonds is 7. The van der Waals surface area contributed by atoms with Gasteiger partial charge in [-0.2, -0.15) is 5.10 Å². The third-order valence-electron chi connectivity index (χ3n) is 6.11. The van der Waals surface area contributed by atoms with Gasteiger partial charge >= 0.3 is 0 Å². The predicted octanol–water partition coefficient (Wildman–Crippen LogP) is 5.42. The standard InChI is InChI=1S/C29H24N2O4/c1-34-25-13-11-22(12-14-25)28-17-27(24-10-9-21-6-2-3-7-23(21)16-24)30-31(28)29(33)19-35-26-8-4-5-20(15-26)18-32/h2-16,18,28H,17,19H2,1H3. The Hall–Kier alpha value is -4.45. The van der Waals surface area contributed by atoms with E-state index in [-0.39, 0.29) is 18.6 Å². The summed E-state index contributed by atoms with van der Waals surface area (Å²) >= 11 is 0. The maximum atomic E-state index is 13.3. The first-order chi connectivity index (χ1) is 17.1. The Balaban J connectivity index is 1.43. The van der Waals surface area contributed by atoms with Crippen LogP contribution in [0.25, 0.3) is 10.8 Å². The van der Waals surface area contributed by atoms with E-state index in [9.17, 15) is 9.59 Å². The van der Waals surface area contributed by atoms with Gasteiger partial charge in [-0.05, 0) is 52.2 Å². The summed E-state index contributed by atoms with van der Waals surface area (Å²) in [7, 11) is 1.62. The molecule has 6 nitrogen and oxygen atoms in total. The van der Waals surface area contributed by atoms with Crippen molar-refractivity contribution in [1.82, 2.24) is 5.01 Å². The van der Waals surface area contributed by atoms with E-state index in [0.717, 1.165) is 39.6 Å². The number of fused-ring (bicyclic) bond motifs is 1. The van der Waals surface area contributed by atoms with Crippen molar-refractivity contribution in [2.75, 3.05) is 13.7 Å². The molecule has 1 heterocycles. The maximum Gasteiger partial charge on any atom is 0.281 e. The van der Waals surface area contributed by atoms with E-state index in [4.69, 9.17) is 14.6 Å². The van der Waals surface area contributed by atoms with Gasteiger partial charge < -0.3 is 9.47 Å². The van der Waals surface area contributed by atoms with E-state index < -0.39 is 0 Å². The first-order valence-corrected chi connectivity index (χ1v) is 11.4. The maximum absolute atomic E-state index is 13.3. The van der Waals surface area contributed by atoms with E-state index >= 15 is 0 Å². The number of nitrogens with zero attached hydrogens (tertiary/aromatic N) is 2. The average molecular weight is 465 g/mol. The molecule has 0 saturated carbocycles. The van der Waals surface area contributed by atoms with Crippen LogP contribution in [0.15, 0.2) is 96.1 Å². The molecule has 0 aromatic heterocycles. The number of carbonyl (C=O) groups excluding carboxylic acids is 2. The number of amides is 1. The SMILES string of the molecule is COc1ccc(C2CC(c3ccc4ccccc4c3)=NN2C(=O)COc2cccc(C=O)c2)cc1. The second kappa shape index (κ2) is 9.81. The van der Waals surface area contributed by atoms with Crippen LogP contribution >= 0.6 is 0 Å². The zero-order chi connectivity index (χ0) is 24.2. The highest BCUT2D eigenvalue weighted by atomic mass is 16.5. The van der Waals surface area contributed by atoms with Gasteiger partial charge in [-0.15, -0.1) is 0 Å². The lowest BCUT2D eigenvalue weighted by atomic mass is 9.97. The summed E-state index contributed by atoms with van der Waals surface area (Å²) in [6.07, 6.45) is 1.33. The van der Waals surface area contributed by atoms with Crippen molar-refractivity contribution in [3.05, 3.63) is 108 Å². The van der Waals surface area contributed by atoms with Crippen molar-refractivity contribution in [2.45, 2.75) is 12.5 Å². The van der Waals surface area contributed by atoms with Crippen molar-refractivity contribution in [3.63, 3.8) is 0 Å². The molecule has 6 heteroatoms. The molecule has 1 aliphatic heterocycles. The van der Waals surface area contributed by atoms with E-state index in [1.807, 2.05) is 42.5 Å². The van der Waals surface area contributed by atoms with Crippen molar-refractivity contribution in [2.24, 2.45) is 5.10 Å². The second-order valence-corrected chi connectivity index (χ2v) is 8.32. The summed E-state index contributed by atoms with van der Waals surface area (Å²) in [6, 6.07) is 28.5. The number of carbonyl (C=O) groups is 2. The summed E-state index contributed by atoms with van der Waals surface area (Å²) in [5, 5.41) is 8.53. The van der Waals surface area contributed by atoms with Crippen LogP contribution in [0.1, 0.15) is 33.9 Å². The first kappa shape index (κ1) is 22.3. The van der Waals surface area contributed by atoms with Crippen molar-refractivity contribution in [1.29, 1.82) is 0 Å². The fourth-order valence-electron chi connectivity index (χ4n) is 4.26. The zero-order valence-corrected chi connectivity index (χ0v) is 19.3. The Morgan fingerprint density at radius 3 is 2.51 bits per heavy atom. The van der Waals surface area contributed by atoms with Gasteiger partial charge in [0.25, 0.3) is 5.91 Å². The number of hydrazone groups is 1. The van der Waals surface area contributed by atoms with Crippen LogP contribution in [-0.2, 0) is 4.79 Å². The lowest BCUT2D eigenvalue weighted by molar-refractivity contribution is -0.135. The van der Waals surface area contributed by atoms with Gasteiger partial charge in [-0.3, -0.25) is 9.59 Å². The second-order valence-electron chi connectivity index (χ2n) is 8.32. The fourth-order valence-corrected chi connectivity index (χ4v) is 4.26. The van der Waals surface area contributed by atoms with E-state index in [1.165, 1.54) is 5.01 Å². The molecule has 4 aromatic rings. The number of hydrogen-bond donors (Lipinski definition) is 0. The number of aldehydes is 1. The zero-order valence-electron chi connectivity index (χ0n) is 19.3. The minimum absolute atomic E-state index is 0.191. The molecule has 5 rings (SSSR count). The predicted molar refractivity (Wildman–Crippen MR) is 135 cm³/mol. The molecule has 35 heavy (non-hydrogen) atoms. The smallest absolute Gasteiger partial charge is 0.281 e. The molecule has 0 fully saturated rings. The van der Waals surface area contributed by atoms with Crippen molar-refractivity contribution < 1.29 is 19.1 Å². The highest BCUT2D eigenvalue weighted by Gasteiger charge is 2.33. The Bertz CT molecular complexity index is 1410. The summed E-state index contributed by atoms with van der Waals surface area (Å²) in [4.78, 5) is 24.3. The van der Waals surface area contributed by atoms with E-state index in [1.54, 1.807) is 31.4 Å². The first-order valence-electron chi connectivity index (χ1n) is 11.4. The molecule has 0 N–H and O–H groups in total. The number of hydrogen-bond acceptors (Lipinski definition) is 5. The van der Waals surface area contributed by atoms with Crippen LogP contribution in [0.2, 0.25) is 0 Å². The quantitative estimate of drug-likeness (QED) is 0.343. The summed E-state index contributed by atoms with van der Waals surface area (Å²) in [6.45, 7) is -0.191. The van der Waals surface area contributed by atoms with Gasteiger partial charge in [0.05, 0.1) is 18.9 Å². The molecule has 0 radical (unpaired) electrons. The van der Waals surface area contributed by atoms with Gasteiger partial charge in [0, 0.05) is 12.0 Å². The molecule has 0 aliphatic carbocycles. The topological polar surface area (TPSA) is 68.2 Å². The number of methoxy groups -OCH3 is 1. The van der Waals surface area contributed by atoms with Crippen LogP contribution in [-0.4, -0.2) is 36.6 Å². The molecule has 0 saturated heterocycles. The van der Waals surface area contributed by atoms with Crippen LogP contribution in [0.4, 0.5) is 0 Å². The van der Waals surface area contributed by atoms with Crippen molar-refractivity contribution in [3.8, 4) is 11.5 Å². The minimum atomic E-state index is -0.266. The number of ether oxygens (including phenoxy) is 2. The molecular formula is C29H24N2O4.